The molecule has 37 heavy (non-hydrogen) atoms. The Kier molecular flexibility index (Phi) is 6.78. The highest BCUT2D eigenvalue weighted by molar-refractivity contribution is 7.87. The highest BCUT2D eigenvalue weighted by Gasteiger charge is 2.17. The fourth-order valence-corrected chi connectivity index (χ4v) is 4.65. The lowest BCUT2D eigenvalue weighted by Gasteiger charge is -2.09. The first kappa shape index (κ1) is 24.0. The summed E-state index contributed by atoms with van der Waals surface area (Å²) in [7, 11) is -4.04. The summed E-state index contributed by atoms with van der Waals surface area (Å²) in [4.78, 5) is 16.5. The number of rotatable bonds is 8. The third kappa shape index (κ3) is 5.74. The number of fused-ring (bicyclic) bond motifs is 2. The molecule has 184 valence electrons. The number of aromatic nitrogens is 1. The molecule has 0 aliphatic heterocycles. The molecule has 9 heteroatoms. The summed E-state index contributed by atoms with van der Waals surface area (Å²) >= 11 is 0. The van der Waals surface area contributed by atoms with E-state index in [1.54, 1.807) is 36.5 Å². The molecular formula is C28H21N3O5S. The lowest BCUT2D eigenvalue weighted by atomic mass is 10.1. The predicted octanol–water partition coefficient (Wildman–Crippen LogP) is 4.68. The van der Waals surface area contributed by atoms with Gasteiger partial charge in [-0.2, -0.15) is 13.5 Å². The van der Waals surface area contributed by atoms with Gasteiger partial charge in [-0.25, -0.2) is 5.43 Å². The number of ether oxygens (including phenoxy) is 1. The molecule has 0 aliphatic carbocycles. The molecule has 1 heterocycles. The van der Waals surface area contributed by atoms with Gasteiger partial charge in [-0.15, -0.1) is 0 Å². The minimum atomic E-state index is -4.04. The molecule has 0 saturated carbocycles. The van der Waals surface area contributed by atoms with Crippen LogP contribution < -0.4 is 14.3 Å². The molecule has 1 amide bonds. The molecule has 0 saturated heterocycles. The molecule has 0 bridgehead atoms. The van der Waals surface area contributed by atoms with Crippen LogP contribution in [0.2, 0.25) is 0 Å². The summed E-state index contributed by atoms with van der Waals surface area (Å²) in [5.74, 6) is 0.153. The number of hydrogen-bond acceptors (Lipinski definition) is 7. The van der Waals surface area contributed by atoms with Crippen molar-refractivity contribution in [1.82, 2.24) is 10.4 Å². The predicted molar refractivity (Wildman–Crippen MR) is 141 cm³/mol. The van der Waals surface area contributed by atoms with Gasteiger partial charge in [-0.1, -0.05) is 60.7 Å². The van der Waals surface area contributed by atoms with Gasteiger partial charge in [0.15, 0.2) is 6.61 Å². The zero-order valence-corrected chi connectivity index (χ0v) is 20.3. The van der Waals surface area contributed by atoms with Crippen LogP contribution in [0.25, 0.3) is 21.7 Å². The normalized spacial score (nSPS) is 11.6. The van der Waals surface area contributed by atoms with Gasteiger partial charge >= 0.3 is 10.1 Å². The molecule has 8 nitrogen and oxygen atoms in total. The molecule has 0 fully saturated rings. The van der Waals surface area contributed by atoms with Crippen LogP contribution in [0, 0.1) is 0 Å². The molecule has 0 unspecified atom stereocenters. The third-order valence-corrected chi connectivity index (χ3v) is 6.67. The Balaban J connectivity index is 1.20. The maximum atomic E-state index is 12.8. The topological polar surface area (TPSA) is 107 Å². The first-order valence-electron chi connectivity index (χ1n) is 11.3. The van der Waals surface area contributed by atoms with Gasteiger partial charge in [-0.3, -0.25) is 9.78 Å². The van der Waals surface area contributed by atoms with E-state index >= 15 is 0 Å². The number of nitrogens with one attached hydrogen (secondary N) is 1. The number of para-hydroxylation sites is 1. The fourth-order valence-electron chi connectivity index (χ4n) is 3.69. The Hall–Kier alpha value is -4.76. The summed E-state index contributed by atoms with van der Waals surface area (Å²) in [5, 5.41) is 6.55. The van der Waals surface area contributed by atoms with Crippen LogP contribution in [0.15, 0.2) is 113 Å². The van der Waals surface area contributed by atoms with E-state index in [1.807, 2.05) is 48.5 Å². The number of benzene rings is 4. The number of amides is 1. The van der Waals surface area contributed by atoms with Crippen molar-refractivity contribution >= 4 is 43.9 Å². The molecule has 0 atom stereocenters. The van der Waals surface area contributed by atoms with E-state index in [1.165, 1.54) is 24.4 Å². The smallest absolute Gasteiger partial charge is 0.339 e. The van der Waals surface area contributed by atoms with Crippen LogP contribution in [0.1, 0.15) is 5.56 Å². The van der Waals surface area contributed by atoms with Crippen LogP contribution in [-0.4, -0.2) is 32.1 Å². The number of carbonyl (C=O) groups excluding carboxylic acids is 1. The lowest BCUT2D eigenvalue weighted by molar-refractivity contribution is -0.123. The van der Waals surface area contributed by atoms with Crippen molar-refractivity contribution in [3.63, 3.8) is 0 Å². The standard InChI is InChI=1S/C28H21N3O5S/c32-27(19-35-26-12-4-9-22-10-5-15-29-28(22)26)31-30-18-20-6-3-11-24(16-20)36-37(33,34)25-14-13-21-7-1-2-8-23(21)17-25/h1-18H,19H2,(H,31,32)/b30-18-. The maximum absolute atomic E-state index is 12.8. The summed E-state index contributed by atoms with van der Waals surface area (Å²) in [5.41, 5.74) is 3.58. The van der Waals surface area contributed by atoms with Crippen molar-refractivity contribution in [3.05, 3.63) is 109 Å². The first-order chi connectivity index (χ1) is 18.0. The van der Waals surface area contributed by atoms with Crippen molar-refractivity contribution in [2.24, 2.45) is 5.10 Å². The van der Waals surface area contributed by atoms with Gasteiger partial charge < -0.3 is 8.92 Å². The largest absolute Gasteiger partial charge is 0.481 e. The SMILES string of the molecule is O=C(COc1cccc2cccnc12)N/N=C\c1cccc(OS(=O)(=O)c2ccc3ccccc3c2)c1. The zero-order valence-electron chi connectivity index (χ0n) is 19.4. The minimum Gasteiger partial charge on any atom is -0.481 e. The molecule has 1 N–H and O–H groups in total. The summed E-state index contributed by atoms with van der Waals surface area (Å²) in [6, 6.07) is 27.8. The molecule has 5 rings (SSSR count). The van der Waals surface area contributed by atoms with E-state index in [0.717, 1.165) is 16.2 Å². The average molecular weight is 512 g/mol. The van der Waals surface area contributed by atoms with Gasteiger partial charge in [0.1, 0.15) is 21.9 Å². The second-order valence-electron chi connectivity index (χ2n) is 8.03. The Morgan fingerprint density at radius 1 is 0.865 bits per heavy atom. The molecule has 0 radical (unpaired) electrons. The second-order valence-corrected chi connectivity index (χ2v) is 9.58. The minimum absolute atomic E-state index is 0.0546. The Morgan fingerprint density at radius 3 is 2.54 bits per heavy atom. The highest BCUT2D eigenvalue weighted by Crippen LogP contribution is 2.24. The number of pyridine rings is 1. The molecule has 4 aromatic carbocycles. The number of nitrogens with zero attached hydrogens (tertiary/aromatic N) is 2. The summed E-state index contributed by atoms with van der Waals surface area (Å²) < 4.78 is 36.5. The number of hydrazone groups is 1. The summed E-state index contributed by atoms with van der Waals surface area (Å²) in [6.07, 6.45) is 3.04. The van der Waals surface area contributed by atoms with Crippen LogP contribution in [0.4, 0.5) is 0 Å². The van der Waals surface area contributed by atoms with Crippen LogP contribution >= 0.6 is 0 Å². The van der Waals surface area contributed by atoms with Crippen molar-refractivity contribution in [2.45, 2.75) is 4.90 Å². The molecule has 5 aromatic rings. The van der Waals surface area contributed by atoms with Crippen LogP contribution in [-0.2, 0) is 14.9 Å². The lowest BCUT2D eigenvalue weighted by Crippen LogP contribution is -2.24. The maximum Gasteiger partial charge on any atom is 0.339 e. The van der Waals surface area contributed by atoms with E-state index in [9.17, 15) is 13.2 Å². The van der Waals surface area contributed by atoms with Crippen molar-refractivity contribution in [2.75, 3.05) is 6.61 Å². The van der Waals surface area contributed by atoms with E-state index in [-0.39, 0.29) is 17.3 Å². The first-order valence-corrected chi connectivity index (χ1v) is 12.7. The Morgan fingerprint density at radius 2 is 1.65 bits per heavy atom. The molecule has 0 spiro atoms. The quantitative estimate of drug-likeness (QED) is 0.184. The number of hydrogen-bond donors (Lipinski definition) is 1. The van der Waals surface area contributed by atoms with E-state index < -0.39 is 16.0 Å². The fraction of sp³-hybridized carbons (Fsp3) is 0.0357. The van der Waals surface area contributed by atoms with E-state index in [4.69, 9.17) is 8.92 Å². The Bertz CT molecular complexity index is 1730. The van der Waals surface area contributed by atoms with E-state index in [0.29, 0.717) is 16.8 Å². The molecular weight excluding hydrogens is 490 g/mol. The Labute approximate surface area is 213 Å². The molecule has 1 aromatic heterocycles. The number of carbonyl (C=O) groups is 1. The average Bonchev–Trinajstić information content (AvgIpc) is 2.91. The van der Waals surface area contributed by atoms with E-state index in [2.05, 4.69) is 15.5 Å². The van der Waals surface area contributed by atoms with Gasteiger partial charge in [0.25, 0.3) is 5.91 Å². The van der Waals surface area contributed by atoms with Gasteiger partial charge in [0, 0.05) is 11.6 Å². The van der Waals surface area contributed by atoms with Crippen molar-refractivity contribution in [1.29, 1.82) is 0 Å². The van der Waals surface area contributed by atoms with Gasteiger partial charge in [0.2, 0.25) is 0 Å². The van der Waals surface area contributed by atoms with Crippen molar-refractivity contribution in [3.8, 4) is 11.5 Å². The van der Waals surface area contributed by atoms with Crippen LogP contribution in [0.5, 0.6) is 11.5 Å². The van der Waals surface area contributed by atoms with Crippen LogP contribution in [0.3, 0.4) is 0 Å². The third-order valence-electron chi connectivity index (χ3n) is 5.43. The monoisotopic (exact) mass is 511 g/mol. The highest BCUT2D eigenvalue weighted by atomic mass is 32.2. The zero-order chi connectivity index (χ0) is 25.7. The van der Waals surface area contributed by atoms with Gasteiger partial charge in [-0.05, 0) is 52.7 Å². The molecule has 0 aliphatic rings. The summed E-state index contributed by atoms with van der Waals surface area (Å²) in [6.45, 7) is -0.250. The van der Waals surface area contributed by atoms with Crippen molar-refractivity contribution < 1.29 is 22.1 Å². The van der Waals surface area contributed by atoms with Gasteiger partial charge in [0.05, 0.1) is 6.21 Å². The second kappa shape index (κ2) is 10.5.